The molecular formula is C20H25N3O3S. The van der Waals surface area contributed by atoms with Crippen molar-refractivity contribution in [1.82, 2.24) is 10.7 Å². The van der Waals surface area contributed by atoms with Crippen molar-refractivity contribution in [2.24, 2.45) is 11.0 Å². The van der Waals surface area contributed by atoms with Gasteiger partial charge < -0.3 is 9.73 Å². The van der Waals surface area contributed by atoms with E-state index in [-0.39, 0.29) is 11.8 Å². The van der Waals surface area contributed by atoms with Crippen LogP contribution in [0.15, 0.2) is 27.0 Å². The molecule has 0 aromatic carbocycles. The van der Waals surface area contributed by atoms with Crippen LogP contribution in [0.4, 0.5) is 0 Å². The van der Waals surface area contributed by atoms with Crippen molar-refractivity contribution in [3.63, 3.8) is 0 Å². The molecule has 2 aromatic rings. The number of hydrogen-bond acceptors (Lipinski definition) is 5. The molecule has 0 spiro atoms. The molecule has 1 aliphatic rings. The molecule has 0 saturated carbocycles. The molecule has 0 aliphatic heterocycles. The van der Waals surface area contributed by atoms with Gasteiger partial charge in [-0.15, -0.1) is 11.3 Å². The highest BCUT2D eigenvalue weighted by Gasteiger charge is 2.28. The number of carbonyl (C=O) groups is 2. The number of nitrogens with zero attached hydrogens (tertiary/aromatic N) is 1. The molecule has 0 atom stereocenters. The minimum Gasteiger partial charge on any atom is -0.455 e. The van der Waals surface area contributed by atoms with Gasteiger partial charge in [-0.25, -0.2) is 5.43 Å². The Morgan fingerprint density at radius 2 is 2.11 bits per heavy atom. The quantitative estimate of drug-likeness (QED) is 0.738. The van der Waals surface area contributed by atoms with Crippen LogP contribution in [0.1, 0.15) is 70.2 Å². The number of hydrazone groups is 1. The second-order valence-electron chi connectivity index (χ2n) is 7.12. The van der Waals surface area contributed by atoms with E-state index in [9.17, 15) is 9.59 Å². The smallest absolute Gasteiger partial charge is 0.287 e. The maximum atomic E-state index is 12.5. The topological polar surface area (TPSA) is 83.7 Å². The molecule has 2 amide bonds. The van der Waals surface area contributed by atoms with Crippen LogP contribution in [0.3, 0.4) is 0 Å². The number of nitrogens with one attached hydrogen (secondary N) is 2. The average Bonchev–Trinajstić information content (AvgIpc) is 3.28. The molecular weight excluding hydrogens is 362 g/mol. The molecule has 2 N–H and O–H groups in total. The van der Waals surface area contributed by atoms with E-state index >= 15 is 0 Å². The van der Waals surface area contributed by atoms with Crippen LogP contribution in [0, 0.1) is 12.8 Å². The van der Waals surface area contributed by atoms with Crippen LogP contribution in [0.2, 0.25) is 0 Å². The number of amides is 2. The summed E-state index contributed by atoms with van der Waals surface area (Å²) in [5, 5.41) is 9.11. The first-order chi connectivity index (χ1) is 13.0. The summed E-state index contributed by atoms with van der Waals surface area (Å²) in [6.07, 6.45) is 3.31. The molecule has 0 bridgehead atoms. The fourth-order valence-corrected chi connectivity index (χ4v) is 3.75. The molecule has 2 aromatic heterocycles. The molecule has 0 fully saturated rings. The van der Waals surface area contributed by atoms with Gasteiger partial charge in [0.25, 0.3) is 11.8 Å². The maximum Gasteiger partial charge on any atom is 0.287 e. The minimum absolute atomic E-state index is 0.190. The van der Waals surface area contributed by atoms with Gasteiger partial charge in [0.2, 0.25) is 0 Å². The standard InChI is InChI=1S/C20H25N3O3S/c1-12(2)9-10-21-20(25)18-13(3)17-14(6-4-7-15(17)26-18)22-23-19(24)16-8-5-11-27-16/h5,8,11-12H,4,6-7,9-10H2,1-3H3,(H,21,25)(H,23,24)/b22-14+. The Labute approximate surface area is 163 Å². The van der Waals surface area contributed by atoms with E-state index < -0.39 is 0 Å². The highest BCUT2D eigenvalue weighted by molar-refractivity contribution is 7.12. The van der Waals surface area contributed by atoms with Gasteiger partial charge in [-0.2, -0.15) is 5.10 Å². The molecule has 144 valence electrons. The molecule has 3 rings (SSSR count). The second kappa shape index (κ2) is 8.52. The zero-order chi connectivity index (χ0) is 19.4. The van der Waals surface area contributed by atoms with Crippen LogP contribution >= 0.6 is 11.3 Å². The third-order valence-corrected chi connectivity index (χ3v) is 5.45. The Morgan fingerprint density at radius 1 is 1.30 bits per heavy atom. The fourth-order valence-electron chi connectivity index (χ4n) is 3.13. The van der Waals surface area contributed by atoms with Crippen molar-refractivity contribution in [1.29, 1.82) is 0 Å². The lowest BCUT2D eigenvalue weighted by Gasteiger charge is -2.13. The normalized spacial score (nSPS) is 15.0. The molecule has 2 heterocycles. The van der Waals surface area contributed by atoms with Gasteiger partial charge in [-0.1, -0.05) is 19.9 Å². The van der Waals surface area contributed by atoms with Gasteiger partial charge in [-0.05, 0) is 43.6 Å². The van der Waals surface area contributed by atoms with E-state index in [4.69, 9.17) is 4.42 Å². The first-order valence-corrected chi connectivity index (χ1v) is 10.2. The average molecular weight is 388 g/mol. The summed E-state index contributed by atoms with van der Waals surface area (Å²) in [7, 11) is 0. The minimum atomic E-state index is -0.225. The lowest BCUT2D eigenvalue weighted by molar-refractivity contribution is 0.0920. The Hall–Kier alpha value is -2.41. The third kappa shape index (κ3) is 4.47. The lowest BCUT2D eigenvalue weighted by Crippen LogP contribution is -2.25. The highest BCUT2D eigenvalue weighted by Crippen LogP contribution is 2.29. The Kier molecular flexibility index (Phi) is 6.11. The van der Waals surface area contributed by atoms with Crippen LogP contribution in [0.25, 0.3) is 0 Å². The second-order valence-corrected chi connectivity index (χ2v) is 8.07. The van der Waals surface area contributed by atoms with Crippen molar-refractivity contribution in [3.8, 4) is 0 Å². The fraction of sp³-hybridized carbons (Fsp3) is 0.450. The molecule has 0 saturated heterocycles. The summed E-state index contributed by atoms with van der Waals surface area (Å²) in [6, 6.07) is 3.59. The number of aryl methyl sites for hydroxylation is 1. The predicted molar refractivity (Wildman–Crippen MR) is 106 cm³/mol. The summed E-state index contributed by atoms with van der Waals surface area (Å²) >= 11 is 1.37. The number of carbonyl (C=O) groups excluding carboxylic acids is 2. The van der Waals surface area contributed by atoms with Crippen molar-refractivity contribution in [2.45, 2.75) is 46.5 Å². The number of rotatable bonds is 6. The van der Waals surface area contributed by atoms with Gasteiger partial charge in [0.05, 0.1) is 10.6 Å². The van der Waals surface area contributed by atoms with Crippen molar-refractivity contribution in [2.75, 3.05) is 6.54 Å². The van der Waals surface area contributed by atoms with Gasteiger partial charge in [0.15, 0.2) is 5.76 Å². The zero-order valence-electron chi connectivity index (χ0n) is 15.9. The summed E-state index contributed by atoms with van der Waals surface area (Å²) in [4.78, 5) is 25.2. The molecule has 0 radical (unpaired) electrons. The summed E-state index contributed by atoms with van der Waals surface area (Å²) < 4.78 is 5.86. The molecule has 27 heavy (non-hydrogen) atoms. The largest absolute Gasteiger partial charge is 0.455 e. The first kappa shape index (κ1) is 19.4. The van der Waals surface area contributed by atoms with Crippen LogP contribution < -0.4 is 10.7 Å². The number of furan rings is 1. The number of fused-ring (bicyclic) bond motifs is 1. The van der Waals surface area contributed by atoms with Crippen LogP contribution in [0.5, 0.6) is 0 Å². The van der Waals surface area contributed by atoms with E-state index in [2.05, 4.69) is 29.7 Å². The SMILES string of the molecule is Cc1c(C(=O)NCCC(C)C)oc2c1/C(=N/NC(=O)c1cccs1)CCC2. The van der Waals surface area contributed by atoms with Gasteiger partial charge in [0.1, 0.15) is 5.76 Å². The van der Waals surface area contributed by atoms with E-state index in [1.165, 1.54) is 11.3 Å². The summed E-state index contributed by atoms with van der Waals surface area (Å²) in [6.45, 7) is 6.74. The summed E-state index contributed by atoms with van der Waals surface area (Å²) in [5.74, 6) is 1.24. The summed E-state index contributed by atoms with van der Waals surface area (Å²) in [5.41, 5.74) is 5.04. The van der Waals surface area contributed by atoms with E-state index in [1.807, 2.05) is 18.4 Å². The van der Waals surface area contributed by atoms with Crippen molar-refractivity contribution >= 4 is 28.9 Å². The van der Waals surface area contributed by atoms with E-state index in [0.29, 0.717) is 23.1 Å². The van der Waals surface area contributed by atoms with Crippen LogP contribution in [-0.4, -0.2) is 24.1 Å². The third-order valence-electron chi connectivity index (χ3n) is 4.58. The van der Waals surface area contributed by atoms with Crippen molar-refractivity contribution in [3.05, 3.63) is 45.0 Å². The van der Waals surface area contributed by atoms with E-state index in [1.54, 1.807) is 6.07 Å². The van der Waals surface area contributed by atoms with Gasteiger partial charge in [0, 0.05) is 24.1 Å². The van der Waals surface area contributed by atoms with Crippen molar-refractivity contribution < 1.29 is 14.0 Å². The predicted octanol–water partition coefficient (Wildman–Crippen LogP) is 3.90. The van der Waals surface area contributed by atoms with Gasteiger partial charge in [-0.3, -0.25) is 9.59 Å². The monoisotopic (exact) mass is 387 g/mol. The number of thiophene rings is 1. The molecule has 6 nitrogen and oxygen atoms in total. The Bertz CT molecular complexity index is 850. The molecule has 0 unspecified atom stereocenters. The van der Waals surface area contributed by atoms with E-state index in [0.717, 1.165) is 48.3 Å². The zero-order valence-corrected chi connectivity index (χ0v) is 16.7. The van der Waals surface area contributed by atoms with Crippen LogP contribution in [-0.2, 0) is 6.42 Å². The highest BCUT2D eigenvalue weighted by atomic mass is 32.1. The Balaban J connectivity index is 1.77. The molecule has 1 aliphatic carbocycles. The number of hydrogen-bond donors (Lipinski definition) is 2. The first-order valence-electron chi connectivity index (χ1n) is 9.28. The van der Waals surface area contributed by atoms with Gasteiger partial charge >= 0.3 is 0 Å². The maximum absolute atomic E-state index is 12.5. The Morgan fingerprint density at radius 3 is 2.81 bits per heavy atom. The lowest BCUT2D eigenvalue weighted by atomic mass is 9.93. The molecule has 7 heteroatoms.